The summed E-state index contributed by atoms with van der Waals surface area (Å²) in [7, 11) is 3.35. The predicted molar refractivity (Wildman–Crippen MR) is 95.6 cm³/mol. The molecule has 0 aliphatic carbocycles. The SMILES string of the molecule is CCOC(=O)c1ccnc(NC(=O)c2ccc(N(C)C)c([N+](=O)[O-])c2)c1. The minimum absolute atomic E-state index is 0.102. The van der Waals surface area contributed by atoms with Crippen molar-refractivity contribution in [1.29, 1.82) is 0 Å². The fourth-order valence-electron chi connectivity index (χ4n) is 2.22. The van der Waals surface area contributed by atoms with Crippen molar-refractivity contribution in [3.8, 4) is 0 Å². The van der Waals surface area contributed by atoms with Gasteiger partial charge in [-0.15, -0.1) is 0 Å². The second-order valence-electron chi connectivity index (χ2n) is 5.46. The van der Waals surface area contributed by atoms with Crippen molar-refractivity contribution in [2.45, 2.75) is 6.92 Å². The Morgan fingerprint density at radius 3 is 2.58 bits per heavy atom. The zero-order valence-corrected chi connectivity index (χ0v) is 14.6. The first-order chi connectivity index (χ1) is 12.3. The zero-order chi connectivity index (χ0) is 19.3. The van der Waals surface area contributed by atoms with E-state index >= 15 is 0 Å². The van der Waals surface area contributed by atoms with Gasteiger partial charge in [0.2, 0.25) is 0 Å². The number of nitrogens with zero attached hydrogens (tertiary/aromatic N) is 3. The average Bonchev–Trinajstić information content (AvgIpc) is 2.61. The van der Waals surface area contributed by atoms with E-state index in [2.05, 4.69) is 10.3 Å². The van der Waals surface area contributed by atoms with Gasteiger partial charge in [0.25, 0.3) is 11.6 Å². The third-order valence-electron chi connectivity index (χ3n) is 3.43. The van der Waals surface area contributed by atoms with E-state index in [4.69, 9.17) is 4.74 Å². The molecule has 9 heteroatoms. The molecule has 26 heavy (non-hydrogen) atoms. The van der Waals surface area contributed by atoms with E-state index < -0.39 is 16.8 Å². The first-order valence-electron chi connectivity index (χ1n) is 7.73. The van der Waals surface area contributed by atoms with E-state index in [1.54, 1.807) is 25.9 Å². The highest BCUT2D eigenvalue weighted by Gasteiger charge is 2.19. The summed E-state index contributed by atoms with van der Waals surface area (Å²) in [6.07, 6.45) is 1.36. The van der Waals surface area contributed by atoms with Crippen LogP contribution in [0.4, 0.5) is 17.2 Å². The van der Waals surface area contributed by atoms with E-state index in [1.165, 1.54) is 36.5 Å². The molecule has 2 rings (SSSR count). The second kappa shape index (κ2) is 8.06. The highest BCUT2D eigenvalue weighted by molar-refractivity contribution is 6.05. The normalized spacial score (nSPS) is 10.1. The number of hydrogen-bond acceptors (Lipinski definition) is 7. The van der Waals surface area contributed by atoms with E-state index in [9.17, 15) is 19.7 Å². The van der Waals surface area contributed by atoms with E-state index in [1.807, 2.05) is 0 Å². The number of benzene rings is 1. The van der Waals surface area contributed by atoms with Crippen LogP contribution < -0.4 is 10.2 Å². The van der Waals surface area contributed by atoms with Gasteiger partial charge in [0.15, 0.2) is 0 Å². The Morgan fingerprint density at radius 1 is 1.23 bits per heavy atom. The Kier molecular flexibility index (Phi) is 5.84. The molecule has 1 heterocycles. The summed E-state index contributed by atoms with van der Waals surface area (Å²) in [4.78, 5) is 40.3. The van der Waals surface area contributed by atoms with Crippen molar-refractivity contribution in [1.82, 2.24) is 4.98 Å². The Morgan fingerprint density at radius 2 is 1.96 bits per heavy atom. The number of nitro groups is 1. The van der Waals surface area contributed by atoms with Crippen molar-refractivity contribution >= 4 is 29.1 Å². The largest absolute Gasteiger partial charge is 0.462 e. The predicted octanol–water partition coefficient (Wildman–Crippen LogP) is 2.48. The van der Waals surface area contributed by atoms with Crippen LogP contribution in [0.2, 0.25) is 0 Å². The number of esters is 1. The summed E-state index contributed by atoms with van der Waals surface area (Å²) in [5.41, 5.74) is 0.543. The molecular formula is C17H18N4O5. The van der Waals surface area contributed by atoms with Gasteiger partial charge in [-0.05, 0) is 31.2 Å². The average molecular weight is 358 g/mol. The molecule has 2 aromatic rings. The summed E-state index contributed by atoms with van der Waals surface area (Å²) in [5, 5.41) is 13.7. The van der Waals surface area contributed by atoms with Crippen LogP contribution in [-0.4, -0.2) is 42.5 Å². The van der Waals surface area contributed by atoms with E-state index in [0.717, 1.165) is 0 Å². The van der Waals surface area contributed by atoms with Gasteiger partial charge in [0.1, 0.15) is 11.5 Å². The maximum atomic E-state index is 12.4. The molecular weight excluding hydrogens is 340 g/mol. The maximum absolute atomic E-state index is 12.4. The second-order valence-corrected chi connectivity index (χ2v) is 5.46. The van der Waals surface area contributed by atoms with Gasteiger partial charge in [-0.1, -0.05) is 0 Å². The lowest BCUT2D eigenvalue weighted by molar-refractivity contribution is -0.384. The molecule has 0 saturated heterocycles. The first kappa shape index (κ1) is 18.8. The topological polar surface area (TPSA) is 115 Å². The van der Waals surface area contributed by atoms with Gasteiger partial charge in [0.05, 0.1) is 17.1 Å². The van der Waals surface area contributed by atoms with Crippen LogP contribution in [0.15, 0.2) is 36.5 Å². The number of aromatic nitrogens is 1. The molecule has 1 amide bonds. The monoisotopic (exact) mass is 358 g/mol. The van der Waals surface area contributed by atoms with E-state index in [-0.39, 0.29) is 29.2 Å². The number of nitrogens with one attached hydrogen (secondary N) is 1. The van der Waals surface area contributed by atoms with Gasteiger partial charge >= 0.3 is 5.97 Å². The quantitative estimate of drug-likeness (QED) is 0.479. The Bertz CT molecular complexity index is 851. The number of carbonyl (C=O) groups is 2. The molecule has 1 aromatic carbocycles. The number of carbonyl (C=O) groups excluding carboxylic acids is 2. The molecule has 136 valence electrons. The van der Waals surface area contributed by atoms with Crippen molar-refractivity contribution in [2.24, 2.45) is 0 Å². The summed E-state index contributed by atoms with van der Waals surface area (Å²) < 4.78 is 4.89. The number of ether oxygens (including phenoxy) is 1. The first-order valence-corrected chi connectivity index (χ1v) is 7.73. The summed E-state index contributed by atoms with van der Waals surface area (Å²) in [6.45, 7) is 1.91. The Hall–Kier alpha value is -3.49. The van der Waals surface area contributed by atoms with Gasteiger partial charge in [-0.25, -0.2) is 9.78 Å². The van der Waals surface area contributed by atoms with Gasteiger partial charge in [-0.2, -0.15) is 0 Å². The molecule has 1 aromatic heterocycles. The standard InChI is InChI=1S/C17H18N4O5/c1-4-26-17(23)12-7-8-18-15(10-12)19-16(22)11-5-6-13(20(2)3)14(9-11)21(24)25/h5-10H,4H2,1-3H3,(H,18,19,22). The molecule has 0 atom stereocenters. The third-order valence-corrected chi connectivity index (χ3v) is 3.43. The lowest BCUT2D eigenvalue weighted by atomic mass is 10.1. The smallest absolute Gasteiger partial charge is 0.338 e. The number of rotatable bonds is 6. The fourth-order valence-corrected chi connectivity index (χ4v) is 2.22. The van der Waals surface area contributed by atoms with Crippen molar-refractivity contribution < 1.29 is 19.2 Å². The van der Waals surface area contributed by atoms with Crippen LogP contribution in [-0.2, 0) is 4.74 Å². The fraction of sp³-hybridized carbons (Fsp3) is 0.235. The molecule has 0 aliphatic heterocycles. The van der Waals surface area contributed by atoms with Gasteiger partial charge < -0.3 is 15.0 Å². The molecule has 0 bridgehead atoms. The van der Waals surface area contributed by atoms with Crippen molar-refractivity contribution in [2.75, 3.05) is 30.9 Å². The summed E-state index contributed by atoms with van der Waals surface area (Å²) >= 11 is 0. The summed E-state index contributed by atoms with van der Waals surface area (Å²) in [5.74, 6) is -0.969. The number of nitro benzene ring substituents is 1. The Balaban J connectivity index is 2.25. The lowest BCUT2D eigenvalue weighted by Gasteiger charge is -2.13. The molecule has 9 nitrogen and oxygen atoms in total. The molecule has 0 radical (unpaired) electrons. The number of hydrogen-bond donors (Lipinski definition) is 1. The molecule has 0 spiro atoms. The number of amides is 1. The Labute approximate surface area is 149 Å². The molecule has 0 fully saturated rings. The lowest BCUT2D eigenvalue weighted by Crippen LogP contribution is -2.16. The van der Waals surface area contributed by atoms with Gasteiger partial charge in [0, 0.05) is 31.9 Å². The van der Waals surface area contributed by atoms with Crippen LogP contribution in [0, 0.1) is 10.1 Å². The molecule has 1 N–H and O–H groups in total. The van der Waals surface area contributed by atoms with Crippen molar-refractivity contribution in [3.63, 3.8) is 0 Å². The number of anilines is 2. The van der Waals surface area contributed by atoms with Crippen LogP contribution in [0.1, 0.15) is 27.6 Å². The highest BCUT2D eigenvalue weighted by atomic mass is 16.6. The third kappa shape index (κ3) is 4.32. The van der Waals surface area contributed by atoms with Gasteiger partial charge in [-0.3, -0.25) is 14.9 Å². The highest BCUT2D eigenvalue weighted by Crippen LogP contribution is 2.28. The minimum Gasteiger partial charge on any atom is -0.462 e. The molecule has 0 aliphatic rings. The zero-order valence-electron chi connectivity index (χ0n) is 14.6. The molecule has 0 saturated carbocycles. The van der Waals surface area contributed by atoms with Crippen LogP contribution in [0.5, 0.6) is 0 Å². The van der Waals surface area contributed by atoms with Crippen LogP contribution in [0.25, 0.3) is 0 Å². The maximum Gasteiger partial charge on any atom is 0.338 e. The van der Waals surface area contributed by atoms with Crippen LogP contribution >= 0.6 is 0 Å². The number of pyridine rings is 1. The minimum atomic E-state index is -0.577. The van der Waals surface area contributed by atoms with Crippen molar-refractivity contribution in [3.05, 3.63) is 57.8 Å². The molecule has 0 unspecified atom stereocenters. The van der Waals surface area contributed by atoms with E-state index in [0.29, 0.717) is 5.69 Å². The summed E-state index contributed by atoms with van der Waals surface area (Å²) in [6, 6.07) is 7.01. The van der Waals surface area contributed by atoms with Crippen LogP contribution in [0.3, 0.4) is 0 Å².